The number of nitrogens with zero attached hydrogens (tertiary/aromatic N) is 3. The molecule has 2 rings (SSSR count). The molecule has 1 unspecified atom stereocenters. The average molecular weight is 265 g/mol. The second-order valence-electron chi connectivity index (χ2n) is 5.37. The van der Waals surface area contributed by atoms with Crippen molar-refractivity contribution in [3.63, 3.8) is 0 Å². The van der Waals surface area contributed by atoms with E-state index in [1.165, 1.54) is 0 Å². The maximum absolute atomic E-state index is 12.1. The number of amides is 1. The lowest BCUT2D eigenvalue weighted by Crippen LogP contribution is -2.45. The van der Waals surface area contributed by atoms with Gasteiger partial charge in [0.2, 0.25) is 5.91 Å². The van der Waals surface area contributed by atoms with Crippen LogP contribution in [0.1, 0.15) is 51.3 Å². The molecule has 1 aromatic rings. The second-order valence-corrected chi connectivity index (χ2v) is 5.37. The van der Waals surface area contributed by atoms with Gasteiger partial charge >= 0.3 is 0 Å². The zero-order valence-electron chi connectivity index (χ0n) is 11.9. The molecule has 6 nitrogen and oxygen atoms in total. The third-order valence-corrected chi connectivity index (χ3v) is 3.94. The molecule has 0 aromatic carbocycles. The van der Waals surface area contributed by atoms with Gasteiger partial charge in [-0.3, -0.25) is 4.79 Å². The van der Waals surface area contributed by atoms with Gasteiger partial charge in [-0.2, -0.15) is 0 Å². The molecule has 0 fully saturated rings. The molecule has 1 amide bonds. The highest BCUT2D eigenvalue weighted by atomic mass is 16.2. The van der Waals surface area contributed by atoms with Gasteiger partial charge in [-0.25, -0.2) is 0 Å². The molecule has 0 radical (unpaired) electrons. The molecule has 3 N–H and O–H groups in total. The monoisotopic (exact) mass is 265 g/mol. The molecule has 3 atom stereocenters. The normalized spacial score (nSPS) is 18.7. The van der Waals surface area contributed by atoms with Crippen LogP contribution in [0, 0.1) is 5.92 Å². The first-order chi connectivity index (χ1) is 9.04. The first-order valence-corrected chi connectivity index (χ1v) is 7.02. The van der Waals surface area contributed by atoms with E-state index in [0.29, 0.717) is 0 Å². The minimum atomic E-state index is -0.464. The molecule has 0 bridgehead atoms. The number of aryl methyl sites for hydroxylation is 1. The molecule has 6 heteroatoms. The van der Waals surface area contributed by atoms with E-state index in [1.807, 2.05) is 20.8 Å². The molecule has 0 spiro atoms. The summed E-state index contributed by atoms with van der Waals surface area (Å²) in [7, 11) is 0. The van der Waals surface area contributed by atoms with Gasteiger partial charge in [0.1, 0.15) is 5.82 Å². The van der Waals surface area contributed by atoms with E-state index in [1.54, 1.807) is 0 Å². The molecule has 1 aliphatic heterocycles. The van der Waals surface area contributed by atoms with Crippen LogP contribution in [0.15, 0.2) is 0 Å². The molecule has 19 heavy (non-hydrogen) atoms. The van der Waals surface area contributed by atoms with E-state index in [9.17, 15) is 4.79 Å². The molecule has 2 heterocycles. The van der Waals surface area contributed by atoms with Crippen LogP contribution in [0.4, 0.5) is 0 Å². The minimum absolute atomic E-state index is 0.114. The van der Waals surface area contributed by atoms with E-state index in [-0.39, 0.29) is 17.9 Å². The van der Waals surface area contributed by atoms with Gasteiger partial charge in [0.15, 0.2) is 5.82 Å². The Labute approximate surface area is 113 Å². The fraction of sp³-hybridized carbons (Fsp3) is 0.769. The van der Waals surface area contributed by atoms with E-state index in [4.69, 9.17) is 5.73 Å². The summed E-state index contributed by atoms with van der Waals surface area (Å²) in [4.78, 5) is 12.1. The Hall–Kier alpha value is -1.43. The molecule has 0 saturated carbocycles. The Balaban J connectivity index is 2.01. The van der Waals surface area contributed by atoms with Crippen LogP contribution < -0.4 is 11.1 Å². The standard InChI is InChI=1S/C13H23N5O/c1-4-8(2)11(14)13(19)15-9(3)12-17-16-10-6-5-7-18(10)12/h8-9,11H,4-7,14H2,1-3H3,(H,15,19)/t8-,9?,11-/m0/s1. The Morgan fingerprint density at radius 2 is 2.21 bits per heavy atom. The zero-order valence-corrected chi connectivity index (χ0v) is 11.9. The maximum atomic E-state index is 12.1. The number of rotatable bonds is 5. The fourth-order valence-corrected chi connectivity index (χ4v) is 2.38. The first kappa shape index (κ1) is 14.0. The van der Waals surface area contributed by atoms with Crippen LogP contribution in [0.2, 0.25) is 0 Å². The lowest BCUT2D eigenvalue weighted by Gasteiger charge is -2.20. The number of nitrogens with two attached hydrogens (primary N) is 1. The summed E-state index contributed by atoms with van der Waals surface area (Å²) in [6.07, 6.45) is 2.97. The smallest absolute Gasteiger partial charge is 0.237 e. The lowest BCUT2D eigenvalue weighted by molar-refractivity contribution is -0.124. The molecule has 106 valence electrons. The van der Waals surface area contributed by atoms with Crippen molar-refractivity contribution in [2.24, 2.45) is 11.7 Å². The predicted molar refractivity (Wildman–Crippen MR) is 72.3 cm³/mol. The fourth-order valence-electron chi connectivity index (χ4n) is 2.38. The maximum Gasteiger partial charge on any atom is 0.237 e. The van der Waals surface area contributed by atoms with Crippen molar-refractivity contribution in [3.05, 3.63) is 11.6 Å². The highest BCUT2D eigenvalue weighted by Gasteiger charge is 2.25. The van der Waals surface area contributed by atoms with Crippen molar-refractivity contribution in [3.8, 4) is 0 Å². The molecule has 1 aromatic heterocycles. The number of nitrogens with one attached hydrogen (secondary N) is 1. The van der Waals surface area contributed by atoms with Gasteiger partial charge in [-0.1, -0.05) is 20.3 Å². The summed E-state index contributed by atoms with van der Waals surface area (Å²) in [5, 5.41) is 11.3. The van der Waals surface area contributed by atoms with E-state index < -0.39 is 6.04 Å². The van der Waals surface area contributed by atoms with Gasteiger partial charge in [0, 0.05) is 13.0 Å². The predicted octanol–water partition coefficient (Wildman–Crippen LogP) is 0.775. The zero-order chi connectivity index (χ0) is 14.0. The SMILES string of the molecule is CC[C@H](C)[C@H](N)C(=O)NC(C)c1nnc2n1CCC2. The third kappa shape index (κ3) is 2.78. The van der Waals surface area contributed by atoms with Crippen molar-refractivity contribution in [2.75, 3.05) is 0 Å². The van der Waals surface area contributed by atoms with Crippen LogP contribution in [-0.2, 0) is 17.8 Å². The number of hydrogen-bond acceptors (Lipinski definition) is 4. The van der Waals surface area contributed by atoms with Crippen LogP contribution in [-0.4, -0.2) is 26.7 Å². The number of carbonyl (C=O) groups excluding carboxylic acids is 1. The van der Waals surface area contributed by atoms with E-state index in [0.717, 1.165) is 37.5 Å². The Kier molecular flexibility index (Phi) is 4.19. The van der Waals surface area contributed by atoms with Crippen LogP contribution in [0.3, 0.4) is 0 Å². The van der Waals surface area contributed by atoms with Crippen LogP contribution in [0.5, 0.6) is 0 Å². The second kappa shape index (κ2) is 5.69. The highest BCUT2D eigenvalue weighted by Crippen LogP contribution is 2.19. The van der Waals surface area contributed by atoms with Crippen LogP contribution in [0.25, 0.3) is 0 Å². The molecule has 0 saturated heterocycles. The van der Waals surface area contributed by atoms with Crippen molar-refractivity contribution in [1.82, 2.24) is 20.1 Å². The van der Waals surface area contributed by atoms with Crippen molar-refractivity contribution < 1.29 is 4.79 Å². The molecule has 1 aliphatic rings. The minimum Gasteiger partial charge on any atom is -0.345 e. The lowest BCUT2D eigenvalue weighted by atomic mass is 9.99. The van der Waals surface area contributed by atoms with Gasteiger partial charge in [0.25, 0.3) is 0 Å². The number of hydrogen-bond donors (Lipinski definition) is 2. The molecular weight excluding hydrogens is 242 g/mol. The Morgan fingerprint density at radius 3 is 2.89 bits per heavy atom. The summed E-state index contributed by atoms with van der Waals surface area (Å²) in [6, 6.07) is -0.615. The Bertz CT molecular complexity index is 456. The third-order valence-electron chi connectivity index (χ3n) is 3.94. The summed E-state index contributed by atoms with van der Waals surface area (Å²) in [6.45, 7) is 6.89. The van der Waals surface area contributed by atoms with Crippen molar-refractivity contribution >= 4 is 5.91 Å². The quantitative estimate of drug-likeness (QED) is 0.823. The summed E-state index contributed by atoms with van der Waals surface area (Å²) in [5.41, 5.74) is 5.93. The highest BCUT2D eigenvalue weighted by molar-refractivity contribution is 5.82. The number of carbonyl (C=O) groups is 1. The first-order valence-electron chi connectivity index (χ1n) is 7.02. The summed E-state index contributed by atoms with van der Waals surface area (Å²) >= 11 is 0. The van der Waals surface area contributed by atoms with Gasteiger partial charge < -0.3 is 15.6 Å². The summed E-state index contributed by atoms with van der Waals surface area (Å²) in [5.74, 6) is 1.91. The van der Waals surface area contributed by atoms with E-state index in [2.05, 4.69) is 20.1 Å². The van der Waals surface area contributed by atoms with E-state index >= 15 is 0 Å². The Morgan fingerprint density at radius 1 is 1.47 bits per heavy atom. The van der Waals surface area contributed by atoms with Gasteiger partial charge in [-0.15, -0.1) is 10.2 Å². The van der Waals surface area contributed by atoms with Crippen molar-refractivity contribution in [2.45, 2.75) is 58.7 Å². The van der Waals surface area contributed by atoms with Gasteiger partial charge in [0.05, 0.1) is 12.1 Å². The average Bonchev–Trinajstić information content (AvgIpc) is 2.98. The summed E-state index contributed by atoms with van der Waals surface area (Å²) < 4.78 is 2.10. The van der Waals surface area contributed by atoms with Crippen LogP contribution >= 0.6 is 0 Å². The largest absolute Gasteiger partial charge is 0.345 e. The molecular formula is C13H23N5O. The van der Waals surface area contributed by atoms with Gasteiger partial charge in [-0.05, 0) is 19.3 Å². The topological polar surface area (TPSA) is 85.8 Å². The number of fused-ring (bicyclic) bond motifs is 1. The number of aromatic nitrogens is 3. The molecule has 0 aliphatic carbocycles. The van der Waals surface area contributed by atoms with Crippen molar-refractivity contribution in [1.29, 1.82) is 0 Å².